The highest BCUT2D eigenvalue weighted by Gasteiger charge is 2.31. The number of aromatic nitrogens is 1. The van der Waals surface area contributed by atoms with Crippen LogP contribution in [0, 0.1) is 12.7 Å². The summed E-state index contributed by atoms with van der Waals surface area (Å²) < 4.78 is 55.4. The molecule has 1 aromatic heterocycles. The molecule has 28 heavy (non-hydrogen) atoms. The van der Waals surface area contributed by atoms with Crippen LogP contribution in [0.5, 0.6) is 5.75 Å². The van der Waals surface area contributed by atoms with Gasteiger partial charge in [-0.05, 0) is 55.0 Å². The van der Waals surface area contributed by atoms with Gasteiger partial charge in [0.2, 0.25) is 0 Å². The standard InChI is InChI=1S/C19H13F4NO4/c1-10-14(9-17(25)26)15-8-12(20)4-7-16(15)24(10)18(27)11-2-5-13(6-3-11)28-19(21,22)23/h2-8H,9H2,1H3,(H,25,26). The zero-order valence-corrected chi connectivity index (χ0v) is 14.4. The Kier molecular flexibility index (Phi) is 4.84. The molecule has 0 aliphatic carbocycles. The van der Waals surface area contributed by atoms with Crippen LogP contribution in [0.1, 0.15) is 21.6 Å². The number of carbonyl (C=O) groups is 2. The molecule has 0 atom stereocenters. The molecule has 146 valence electrons. The van der Waals surface area contributed by atoms with Crippen LogP contribution < -0.4 is 4.74 Å². The van der Waals surface area contributed by atoms with Crippen LogP contribution in [0.2, 0.25) is 0 Å². The third kappa shape index (κ3) is 3.83. The first-order chi connectivity index (χ1) is 13.1. The Morgan fingerprint density at radius 2 is 1.75 bits per heavy atom. The summed E-state index contributed by atoms with van der Waals surface area (Å²) in [4.78, 5) is 24.1. The van der Waals surface area contributed by atoms with E-state index in [1.54, 1.807) is 0 Å². The molecule has 1 N–H and O–H groups in total. The van der Waals surface area contributed by atoms with Crippen molar-refractivity contribution in [2.24, 2.45) is 0 Å². The van der Waals surface area contributed by atoms with Gasteiger partial charge in [-0.25, -0.2) is 4.39 Å². The average molecular weight is 395 g/mol. The van der Waals surface area contributed by atoms with Gasteiger partial charge in [-0.3, -0.25) is 14.2 Å². The molecule has 2 aromatic carbocycles. The van der Waals surface area contributed by atoms with Gasteiger partial charge in [0.15, 0.2) is 0 Å². The van der Waals surface area contributed by atoms with Crippen LogP contribution in [0.25, 0.3) is 10.9 Å². The number of rotatable bonds is 4. The quantitative estimate of drug-likeness (QED) is 0.669. The maximum atomic E-state index is 13.7. The number of ether oxygens (including phenoxy) is 1. The molecule has 0 saturated heterocycles. The number of nitrogens with zero attached hydrogens (tertiary/aromatic N) is 1. The van der Waals surface area contributed by atoms with Gasteiger partial charge in [0.1, 0.15) is 11.6 Å². The fourth-order valence-electron chi connectivity index (χ4n) is 3.02. The van der Waals surface area contributed by atoms with Crippen molar-refractivity contribution in [1.82, 2.24) is 4.57 Å². The highest BCUT2D eigenvalue weighted by Crippen LogP contribution is 2.29. The first-order valence-corrected chi connectivity index (χ1v) is 7.98. The molecule has 0 spiro atoms. The van der Waals surface area contributed by atoms with E-state index in [2.05, 4.69) is 4.74 Å². The summed E-state index contributed by atoms with van der Waals surface area (Å²) in [6.45, 7) is 1.52. The lowest BCUT2D eigenvalue weighted by Crippen LogP contribution is -2.17. The van der Waals surface area contributed by atoms with E-state index in [4.69, 9.17) is 5.11 Å². The van der Waals surface area contributed by atoms with Gasteiger partial charge in [0.05, 0.1) is 11.9 Å². The Bertz CT molecular complexity index is 1070. The number of hydrogen-bond donors (Lipinski definition) is 1. The minimum absolute atomic E-state index is 0.0562. The highest BCUT2D eigenvalue weighted by molar-refractivity contribution is 6.04. The van der Waals surface area contributed by atoms with Crippen molar-refractivity contribution in [2.75, 3.05) is 0 Å². The van der Waals surface area contributed by atoms with Crippen molar-refractivity contribution >= 4 is 22.8 Å². The first-order valence-electron chi connectivity index (χ1n) is 7.98. The smallest absolute Gasteiger partial charge is 0.481 e. The van der Waals surface area contributed by atoms with Crippen LogP contribution in [0.4, 0.5) is 17.6 Å². The van der Waals surface area contributed by atoms with E-state index in [1.807, 2.05) is 0 Å². The summed E-state index contributed by atoms with van der Waals surface area (Å²) in [5.41, 5.74) is 0.951. The van der Waals surface area contributed by atoms with Crippen LogP contribution in [-0.2, 0) is 11.2 Å². The molecule has 3 rings (SSSR count). The van der Waals surface area contributed by atoms with E-state index in [9.17, 15) is 27.2 Å². The van der Waals surface area contributed by atoms with Gasteiger partial charge in [-0.1, -0.05) is 0 Å². The Hall–Kier alpha value is -3.36. The van der Waals surface area contributed by atoms with Crippen LogP contribution in [0.3, 0.4) is 0 Å². The zero-order chi connectivity index (χ0) is 20.6. The molecule has 0 aliphatic heterocycles. The van der Waals surface area contributed by atoms with Crippen molar-refractivity contribution in [3.63, 3.8) is 0 Å². The largest absolute Gasteiger partial charge is 0.573 e. The molecule has 0 radical (unpaired) electrons. The van der Waals surface area contributed by atoms with Crippen molar-refractivity contribution in [2.45, 2.75) is 19.7 Å². The highest BCUT2D eigenvalue weighted by atomic mass is 19.4. The number of carboxylic acids is 1. The summed E-state index contributed by atoms with van der Waals surface area (Å²) in [6, 6.07) is 7.95. The predicted molar refractivity (Wildman–Crippen MR) is 90.8 cm³/mol. The molecular formula is C19H13F4NO4. The fourth-order valence-corrected chi connectivity index (χ4v) is 3.02. The number of hydrogen-bond acceptors (Lipinski definition) is 3. The zero-order valence-electron chi connectivity index (χ0n) is 14.4. The number of benzene rings is 2. The molecule has 9 heteroatoms. The Labute approximate surface area is 155 Å². The van der Waals surface area contributed by atoms with Crippen LogP contribution in [-0.4, -0.2) is 27.9 Å². The van der Waals surface area contributed by atoms with Gasteiger partial charge in [-0.2, -0.15) is 0 Å². The molecule has 0 unspecified atom stereocenters. The lowest BCUT2D eigenvalue weighted by Gasteiger charge is -2.10. The third-order valence-corrected chi connectivity index (χ3v) is 4.16. The maximum Gasteiger partial charge on any atom is 0.573 e. The second-order valence-corrected chi connectivity index (χ2v) is 6.01. The van der Waals surface area contributed by atoms with Crippen molar-refractivity contribution in [3.05, 3.63) is 65.1 Å². The molecule has 0 aliphatic rings. The van der Waals surface area contributed by atoms with Crippen molar-refractivity contribution < 1.29 is 37.0 Å². The Morgan fingerprint density at radius 3 is 2.32 bits per heavy atom. The Morgan fingerprint density at radius 1 is 1.11 bits per heavy atom. The molecule has 0 amide bonds. The second kappa shape index (κ2) is 6.99. The van der Waals surface area contributed by atoms with Crippen molar-refractivity contribution in [3.8, 4) is 5.75 Å². The molecule has 0 saturated carbocycles. The summed E-state index contributed by atoms with van der Waals surface area (Å²) in [5.74, 6) is -2.80. The second-order valence-electron chi connectivity index (χ2n) is 6.01. The van der Waals surface area contributed by atoms with E-state index in [0.717, 1.165) is 36.4 Å². The van der Waals surface area contributed by atoms with Crippen LogP contribution >= 0.6 is 0 Å². The first kappa shape index (κ1) is 19.4. The molecule has 0 bridgehead atoms. The summed E-state index contributed by atoms with van der Waals surface area (Å²) in [7, 11) is 0. The van der Waals surface area contributed by atoms with Gasteiger partial charge >= 0.3 is 12.3 Å². The minimum atomic E-state index is -4.85. The van der Waals surface area contributed by atoms with Gasteiger partial charge in [0.25, 0.3) is 5.91 Å². The monoisotopic (exact) mass is 395 g/mol. The molecular weight excluding hydrogens is 382 g/mol. The van der Waals surface area contributed by atoms with Gasteiger partial charge in [0, 0.05) is 16.6 Å². The Balaban J connectivity index is 2.07. The van der Waals surface area contributed by atoms with Crippen molar-refractivity contribution in [1.29, 1.82) is 0 Å². The number of carbonyl (C=O) groups excluding carboxylic acids is 1. The summed E-state index contributed by atoms with van der Waals surface area (Å²) >= 11 is 0. The fraction of sp³-hybridized carbons (Fsp3) is 0.158. The predicted octanol–water partition coefficient (Wildman–Crippen LogP) is 4.30. The lowest BCUT2D eigenvalue weighted by atomic mass is 10.1. The maximum absolute atomic E-state index is 13.7. The minimum Gasteiger partial charge on any atom is -0.481 e. The normalized spacial score (nSPS) is 11.6. The molecule has 0 fully saturated rings. The topological polar surface area (TPSA) is 68.5 Å². The van der Waals surface area contributed by atoms with E-state index >= 15 is 0 Å². The molecule has 3 aromatic rings. The number of carboxylic acid groups (broad SMARTS) is 1. The van der Waals surface area contributed by atoms with Gasteiger partial charge < -0.3 is 9.84 Å². The average Bonchev–Trinajstić information content (AvgIpc) is 2.85. The molecule has 1 heterocycles. The summed E-state index contributed by atoms with van der Waals surface area (Å²) in [5, 5.41) is 9.40. The van der Waals surface area contributed by atoms with Gasteiger partial charge in [-0.15, -0.1) is 13.2 Å². The number of halogens is 4. The number of alkyl halides is 3. The summed E-state index contributed by atoms with van der Waals surface area (Å²) in [6.07, 6.45) is -5.26. The van der Waals surface area contributed by atoms with Crippen LogP contribution in [0.15, 0.2) is 42.5 Å². The lowest BCUT2D eigenvalue weighted by molar-refractivity contribution is -0.274. The van der Waals surface area contributed by atoms with E-state index in [1.165, 1.54) is 17.6 Å². The molecule has 5 nitrogen and oxygen atoms in total. The number of aliphatic carboxylic acids is 1. The van der Waals surface area contributed by atoms with E-state index in [-0.39, 0.29) is 16.5 Å². The SMILES string of the molecule is Cc1c(CC(=O)O)c2cc(F)ccc2n1C(=O)c1ccc(OC(F)(F)F)cc1. The number of fused-ring (bicyclic) bond motifs is 1. The van der Waals surface area contributed by atoms with E-state index < -0.39 is 36.2 Å². The van der Waals surface area contributed by atoms with E-state index in [0.29, 0.717) is 11.2 Å². The third-order valence-electron chi connectivity index (χ3n) is 4.16.